The number of hydrogen-bond acceptors (Lipinski definition) is 1. The summed E-state index contributed by atoms with van der Waals surface area (Å²) in [5, 5.41) is 2.48. The van der Waals surface area contributed by atoms with E-state index >= 15 is 0 Å². The second-order valence-corrected chi connectivity index (χ2v) is 20.3. The molecule has 1 aromatic heterocycles. The van der Waals surface area contributed by atoms with Crippen molar-refractivity contribution >= 4 is 38.9 Å². The quantitative estimate of drug-likeness (QED) is 0.140. The normalized spacial score (nSPS) is 13.5. The van der Waals surface area contributed by atoms with E-state index in [9.17, 15) is 0 Å². The first kappa shape index (κ1) is 43.8. The van der Waals surface area contributed by atoms with Crippen molar-refractivity contribution in [2.75, 3.05) is 4.90 Å². The van der Waals surface area contributed by atoms with Crippen molar-refractivity contribution in [3.05, 3.63) is 348 Å². The van der Waals surface area contributed by atoms with Crippen LogP contribution in [0.1, 0.15) is 44.5 Å². The lowest BCUT2D eigenvalue weighted by Crippen LogP contribution is -2.29. The van der Waals surface area contributed by atoms with E-state index < -0.39 is 10.8 Å². The summed E-state index contributed by atoms with van der Waals surface area (Å²) in [6.45, 7) is 0. The molecule has 13 aromatic rings. The number of rotatable bonds is 9. The summed E-state index contributed by atoms with van der Waals surface area (Å²) in [6.07, 6.45) is 0. The lowest BCUT2D eigenvalue weighted by Gasteiger charge is -2.36. The van der Waals surface area contributed by atoms with E-state index in [1.807, 2.05) is 0 Å². The van der Waals surface area contributed by atoms with E-state index in [1.165, 1.54) is 94.1 Å². The SMILES string of the molecule is c1ccc(-n2c3ccccc3c3cc(-c4ccc(N(c5ccc6c(c5)C(c5ccccc5)(c5ccccc5)c5ccccc5-6)c5ccc6c(c5)C(c5ccccc5)(c5ccccc5)c5ccccc5-6)cc4)ccc32)cc1. The highest BCUT2D eigenvalue weighted by Gasteiger charge is 2.48. The van der Waals surface area contributed by atoms with Gasteiger partial charge in [-0.25, -0.2) is 0 Å². The Morgan fingerprint density at radius 2 is 0.632 bits per heavy atom. The summed E-state index contributed by atoms with van der Waals surface area (Å²) < 4.78 is 2.38. The maximum Gasteiger partial charge on any atom is 0.0714 e. The van der Waals surface area contributed by atoms with Crippen LogP contribution < -0.4 is 4.90 Å². The third kappa shape index (κ3) is 6.41. The summed E-state index contributed by atoms with van der Waals surface area (Å²) in [4.78, 5) is 2.49. The van der Waals surface area contributed by atoms with E-state index in [1.54, 1.807) is 0 Å². The van der Waals surface area contributed by atoms with Gasteiger partial charge in [0, 0.05) is 33.5 Å². The summed E-state index contributed by atoms with van der Waals surface area (Å²) >= 11 is 0. The van der Waals surface area contributed by atoms with Crippen LogP contribution >= 0.6 is 0 Å². The van der Waals surface area contributed by atoms with Gasteiger partial charge < -0.3 is 9.47 Å². The molecule has 2 aliphatic carbocycles. The Morgan fingerprint density at radius 1 is 0.250 bits per heavy atom. The molecule has 0 atom stereocenters. The van der Waals surface area contributed by atoms with Crippen molar-refractivity contribution in [2.24, 2.45) is 0 Å². The zero-order valence-corrected chi connectivity index (χ0v) is 41.8. The van der Waals surface area contributed by atoms with Crippen molar-refractivity contribution in [3.8, 4) is 39.1 Å². The first-order valence-corrected chi connectivity index (χ1v) is 26.4. The van der Waals surface area contributed by atoms with Gasteiger partial charge in [0.1, 0.15) is 0 Å². The zero-order chi connectivity index (χ0) is 50.2. The summed E-state index contributed by atoms with van der Waals surface area (Å²) in [7, 11) is 0. The Bertz CT molecular complexity index is 4050. The standard InChI is InChI=1S/C74H50N2/c1-6-22-53(23-7-1)73(54-24-8-2-9-25-54)67-35-19-16-32-61(67)63-45-43-59(49-69(63)73)75(58-41-38-51(39-42-58)52-40-47-72-66(48-52)65-34-18-21-37-71(65)76(72)57-30-14-5-15-31-57)60-44-46-64-62-33-17-20-36-68(62)74(70(64)50-60,55-26-10-3-11-27-55)56-28-12-4-13-29-56/h1-50H. The van der Waals surface area contributed by atoms with Gasteiger partial charge >= 0.3 is 0 Å². The monoisotopic (exact) mass is 966 g/mol. The van der Waals surface area contributed by atoms with Crippen molar-refractivity contribution in [2.45, 2.75) is 10.8 Å². The fourth-order valence-electron chi connectivity index (χ4n) is 13.4. The Balaban J connectivity index is 0.954. The molecule has 0 amide bonds. The Labute approximate surface area is 443 Å². The number of hydrogen-bond donors (Lipinski definition) is 0. The van der Waals surface area contributed by atoms with Crippen molar-refractivity contribution < 1.29 is 0 Å². The lowest BCUT2D eigenvalue weighted by molar-refractivity contribution is 0.767. The average molecular weight is 967 g/mol. The van der Waals surface area contributed by atoms with Crippen LogP contribution in [0.15, 0.2) is 303 Å². The van der Waals surface area contributed by atoms with E-state index in [0.29, 0.717) is 0 Å². The van der Waals surface area contributed by atoms with Gasteiger partial charge in [0.15, 0.2) is 0 Å². The molecule has 76 heavy (non-hydrogen) atoms. The van der Waals surface area contributed by atoms with Gasteiger partial charge in [-0.3, -0.25) is 0 Å². The second kappa shape index (κ2) is 17.4. The van der Waals surface area contributed by atoms with E-state index in [-0.39, 0.29) is 0 Å². The largest absolute Gasteiger partial charge is 0.310 e. The molecular formula is C74H50N2. The van der Waals surface area contributed by atoms with Crippen LogP contribution in [0.2, 0.25) is 0 Å². The number of nitrogens with zero attached hydrogens (tertiary/aromatic N) is 2. The van der Waals surface area contributed by atoms with Crippen LogP contribution in [-0.2, 0) is 10.8 Å². The Kier molecular flexibility index (Phi) is 10.0. The Morgan fingerprint density at radius 3 is 1.13 bits per heavy atom. The molecule has 0 saturated carbocycles. The molecule has 0 radical (unpaired) electrons. The van der Waals surface area contributed by atoms with Gasteiger partial charge in [-0.1, -0.05) is 237 Å². The first-order valence-electron chi connectivity index (χ1n) is 26.4. The minimum absolute atomic E-state index is 0.558. The molecule has 0 fully saturated rings. The molecule has 12 aromatic carbocycles. The van der Waals surface area contributed by atoms with Crippen LogP contribution in [0.4, 0.5) is 17.1 Å². The molecule has 0 bridgehead atoms. The van der Waals surface area contributed by atoms with Gasteiger partial charge in [0.05, 0.1) is 21.9 Å². The molecule has 2 nitrogen and oxygen atoms in total. The molecular weight excluding hydrogens is 917 g/mol. The lowest BCUT2D eigenvalue weighted by atomic mass is 9.67. The number of fused-ring (bicyclic) bond motifs is 9. The van der Waals surface area contributed by atoms with Gasteiger partial charge in [-0.2, -0.15) is 0 Å². The van der Waals surface area contributed by atoms with Gasteiger partial charge in [0.2, 0.25) is 0 Å². The molecule has 0 spiro atoms. The van der Waals surface area contributed by atoms with E-state index in [4.69, 9.17) is 0 Å². The molecule has 0 aliphatic heterocycles. The number of aromatic nitrogens is 1. The molecule has 1 heterocycles. The van der Waals surface area contributed by atoms with Gasteiger partial charge in [0.25, 0.3) is 0 Å². The van der Waals surface area contributed by atoms with Crippen LogP contribution in [0, 0.1) is 0 Å². The first-order chi connectivity index (χ1) is 37.7. The minimum atomic E-state index is -0.558. The van der Waals surface area contributed by atoms with Crippen LogP contribution in [0.3, 0.4) is 0 Å². The Hall–Kier alpha value is -9.76. The smallest absolute Gasteiger partial charge is 0.0714 e. The summed E-state index contributed by atoms with van der Waals surface area (Å²) in [5.74, 6) is 0. The van der Waals surface area contributed by atoms with Crippen LogP contribution in [0.25, 0.3) is 60.9 Å². The van der Waals surface area contributed by atoms with Gasteiger partial charge in [-0.15, -0.1) is 0 Å². The topological polar surface area (TPSA) is 8.17 Å². The zero-order valence-electron chi connectivity index (χ0n) is 41.8. The maximum atomic E-state index is 2.49. The molecule has 0 N–H and O–H groups in total. The molecule has 0 unspecified atom stereocenters. The number of para-hydroxylation sites is 2. The van der Waals surface area contributed by atoms with E-state index in [0.717, 1.165) is 28.3 Å². The highest BCUT2D eigenvalue weighted by molar-refractivity contribution is 6.10. The minimum Gasteiger partial charge on any atom is -0.310 e. The predicted octanol–water partition coefficient (Wildman–Crippen LogP) is 18.6. The summed E-state index contributed by atoms with van der Waals surface area (Å²) in [5.41, 5.74) is 23.2. The highest BCUT2D eigenvalue weighted by atomic mass is 15.1. The summed E-state index contributed by atoms with van der Waals surface area (Å²) in [6, 6.07) is 113. The predicted molar refractivity (Wildman–Crippen MR) is 316 cm³/mol. The molecule has 0 saturated heterocycles. The third-order valence-electron chi connectivity index (χ3n) is 16.5. The highest BCUT2D eigenvalue weighted by Crippen LogP contribution is 2.59. The maximum absolute atomic E-state index is 2.49. The number of benzene rings is 12. The second-order valence-electron chi connectivity index (χ2n) is 20.3. The third-order valence-corrected chi connectivity index (χ3v) is 16.5. The van der Waals surface area contributed by atoms with Gasteiger partial charge in [-0.05, 0) is 145 Å². The van der Waals surface area contributed by atoms with Crippen molar-refractivity contribution in [1.82, 2.24) is 4.57 Å². The molecule has 356 valence electrons. The fraction of sp³-hybridized carbons (Fsp3) is 0.0270. The average Bonchev–Trinajstić information content (AvgIpc) is 4.30. The molecule has 15 rings (SSSR count). The van der Waals surface area contributed by atoms with Crippen LogP contribution in [0.5, 0.6) is 0 Å². The molecule has 2 heteroatoms. The van der Waals surface area contributed by atoms with Crippen LogP contribution in [-0.4, -0.2) is 4.57 Å². The van der Waals surface area contributed by atoms with E-state index in [2.05, 4.69) is 313 Å². The van der Waals surface area contributed by atoms with Crippen molar-refractivity contribution in [3.63, 3.8) is 0 Å². The fourth-order valence-corrected chi connectivity index (χ4v) is 13.4. The van der Waals surface area contributed by atoms with Crippen molar-refractivity contribution in [1.29, 1.82) is 0 Å². The number of anilines is 3. The molecule has 2 aliphatic rings.